The van der Waals surface area contributed by atoms with E-state index >= 15 is 0 Å². The highest BCUT2D eigenvalue weighted by Crippen LogP contribution is 2.33. The lowest BCUT2D eigenvalue weighted by molar-refractivity contribution is -0.137. The first-order valence-corrected chi connectivity index (χ1v) is 9.35. The van der Waals surface area contributed by atoms with Crippen LogP contribution in [0.1, 0.15) is 16.8 Å². The summed E-state index contributed by atoms with van der Waals surface area (Å²) in [4.78, 5) is 29.1. The van der Waals surface area contributed by atoms with Gasteiger partial charge in [-0.15, -0.1) is 0 Å². The van der Waals surface area contributed by atoms with Crippen molar-refractivity contribution in [2.75, 3.05) is 33.8 Å². The van der Waals surface area contributed by atoms with E-state index in [1.165, 1.54) is 0 Å². The normalized spacial score (nSPS) is 21.9. The summed E-state index contributed by atoms with van der Waals surface area (Å²) in [5.41, 5.74) is 2.65. The van der Waals surface area contributed by atoms with Gasteiger partial charge < -0.3 is 14.5 Å². The molecule has 0 bridgehead atoms. The summed E-state index contributed by atoms with van der Waals surface area (Å²) in [6, 6.07) is 15.5. The number of hydrogen-bond donors (Lipinski definition) is 0. The molecule has 4 rings (SSSR count). The molecule has 2 aliphatic rings. The summed E-state index contributed by atoms with van der Waals surface area (Å²) in [5.74, 6) is 1.21. The first-order valence-electron chi connectivity index (χ1n) is 9.35. The quantitative estimate of drug-likeness (QED) is 0.841. The van der Waals surface area contributed by atoms with Gasteiger partial charge in [0.15, 0.2) is 0 Å². The maximum atomic E-state index is 13.1. The second-order valence-corrected chi connectivity index (χ2v) is 7.44. The number of hydrogen-bond acceptors (Lipinski definition) is 3. The zero-order valence-corrected chi connectivity index (χ0v) is 15.7. The molecule has 2 aliphatic heterocycles. The molecule has 2 aromatic rings. The fourth-order valence-corrected chi connectivity index (χ4v) is 4.18. The fraction of sp³-hybridized carbons (Fsp3) is 0.364. The molecule has 2 aromatic carbocycles. The fourth-order valence-electron chi connectivity index (χ4n) is 4.18. The largest absolute Gasteiger partial charge is 0.497 e. The Hall–Kier alpha value is -2.82. The molecular formula is C22H24N2O3. The Morgan fingerprint density at radius 3 is 2.59 bits per heavy atom. The molecule has 0 unspecified atom stereocenters. The third-order valence-corrected chi connectivity index (χ3v) is 5.77. The molecule has 0 aromatic heterocycles. The van der Waals surface area contributed by atoms with Crippen LogP contribution in [0.4, 0.5) is 0 Å². The predicted octanol–water partition coefficient (Wildman–Crippen LogP) is 2.91. The Balaban J connectivity index is 1.55. The maximum Gasteiger partial charge on any atom is 0.253 e. The van der Waals surface area contributed by atoms with Crippen molar-refractivity contribution in [1.29, 1.82) is 0 Å². The van der Waals surface area contributed by atoms with Crippen LogP contribution in [-0.2, 0) is 4.79 Å². The first-order chi connectivity index (χ1) is 13.1. The Morgan fingerprint density at radius 1 is 1.07 bits per heavy atom. The second-order valence-electron chi connectivity index (χ2n) is 7.44. The molecule has 0 aliphatic carbocycles. The second kappa shape index (κ2) is 7.06. The summed E-state index contributed by atoms with van der Waals surface area (Å²) in [7, 11) is 3.49. The highest BCUT2D eigenvalue weighted by atomic mass is 16.5. The summed E-state index contributed by atoms with van der Waals surface area (Å²) in [6.07, 6.45) is 0.973. The zero-order chi connectivity index (χ0) is 19.0. The van der Waals surface area contributed by atoms with Crippen LogP contribution >= 0.6 is 0 Å². The van der Waals surface area contributed by atoms with E-state index in [-0.39, 0.29) is 17.7 Å². The number of ether oxygens (including phenoxy) is 1. The van der Waals surface area contributed by atoms with Gasteiger partial charge >= 0.3 is 0 Å². The van der Waals surface area contributed by atoms with Crippen molar-refractivity contribution in [2.45, 2.75) is 6.42 Å². The lowest BCUT2D eigenvalue weighted by Crippen LogP contribution is -2.42. The van der Waals surface area contributed by atoms with E-state index in [1.807, 2.05) is 60.5 Å². The van der Waals surface area contributed by atoms with Gasteiger partial charge in [-0.1, -0.05) is 24.3 Å². The molecule has 2 amide bonds. The minimum Gasteiger partial charge on any atom is -0.497 e. The number of fused-ring (bicyclic) bond motifs is 1. The topological polar surface area (TPSA) is 49.9 Å². The van der Waals surface area contributed by atoms with Gasteiger partial charge in [0.05, 0.1) is 13.0 Å². The average molecular weight is 364 g/mol. The Kier molecular flexibility index (Phi) is 4.60. The van der Waals surface area contributed by atoms with Crippen LogP contribution in [0.5, 0.6) is 5.75 Å². The van der Waals surface area contributed by atoms with Crippen LogP contribution in [0.3, 0.4) is 0 Å². The number of rotatable bonds is 3. The summed E-state index contributed by atoms with van der Waals surface area (Å²) in [5, 5.41) is 0. The first kappa shape index (κ1) is 17.6. The number of likely N-dealkylation sites (tertiary alicyclic amines) is 2. The molecule has 0 N–H and O–H groups in total. The number of methoxy groups -OCH3 is 1. The van der Waals surface area contributed by atoms with Gasteiger partial charge in [0, 0.05) is 32.2 Å². The van der Waals surface area contributed by atoms with Crippen molar-refractivity contribution in [3.8, 4) is 16.9 Å². The van der Waals surface area contributed by atoms with E-state index in [0.717, 1.165) is 29.8 Å². The molecule has 27 heavy (non-hydrogen) atoms. The van der Waals surface area contributed by atoms with Crippen LogP contribution in [0.15, 0.2) is 48.5 Å². The van der Waals surface area contributed by atoms with E-state index in [1.54, 1.807) is 12.0 Å². The van der Waals surface area contributed by atoms with Crippen LogP contribution in [0, 0.1) is 11.8 Å². The average Bonchev–Trinajstić information content (AvgIpc) is 3.15. The molecule has 140 valence electrons. The van der Waals surface area contributed by atoms with Gasteiger partial charge in [0.1, 0.15) is 5.75 Å². The number of nitrogens with zero attached hydrogens (tertiary/aromatic N) is 2. The van der Waals surface area contributed by atoms with Crippen molar-refractivity contribution in [3.05, 3.63) is 54.1 Å². The molecule has 0 radical (unpaired) electrons. The van der Waals surface area contributed by atoms with Gasteiger partial charge in [0.25, 0.3) is 5.91 Å². The lowest BCUT2D eigenvalue weighted by atomic mass is 9.88. The third-order valence-electron chi connectivity index (χ3n) is 5.77. The van der Waals surface area contributed by atoms with Gasteiger partial charge in [-0.25, -0.2) is 0 Å². The molecule has 2 atom stereocenters. The van der Waals surface area contributed by atoms with Crippen molar-refractivity contribution in [1.82, 2.24) is 9.80 Å². The molecule has 2 saturated heterocycles. The number of piperidine rings is 1. The predicted molar refractivity (Wildman–Crippen MR) is 104 cm³/mol. The van der Waals surface area contributed by atoms with Crippen molar-refractivity contribution >= 4 is 11.8 Å². The molecule has 5 heteroatoms. The van der Waals surface area contributed by atoms with Crippen molar-refractivity contribution in [2.24, 2.45) is 11.8 Å². The minimum atomic E-state index is -0.0470. The minimum absolute atomic E-state index is 0.00426. The lowest BCUT2D eigenvalue weighted by Gasteiger charge is -2.30. The monoisotopic (exact) mass is 364 g/mol. The van der Waals surface area contributed by atoms with E-state index in [2.05, 4.69) is 0 Å². The highest BCUT2D eigenvalue weighted by molar-refractivity contribution is 5.96. The summed E-state index contributed by atoms with van der Waals surface area (Å²) >= 11 is 0. The summed E-state index contributed by atoms with van der Waals surface area (Å²) < 4.78 is 5.30. The van der Waals surface area contributed by atoms with E-state index in [9.17, 15) is 9.59 Å². The smallest absolute Gasteiger partial charge is 0.253 e. The number of benzene rings is 2. The third kappa shape index (κ3) is 3.29. The van der Waals surface area contributed by atoms with E-state index in [0.29, 0.717) is 24.6 Å². The highest BCUT2D eigenvalue weighted by Gasteiger charge is 2.43. The van der Waals surface area contributed by atoms with Crippen molar-refractivity contribution < 1.29 is 14.3 Å². The van der Waals surface area contributed by atoms with Crippen LogP contribution in [0.2, 0.25) is 0 Å². The van der Waals surface area contributed by atoms with Gasteiger partial charge in [-0.2, -0.15) is 0 Å². The number of carbonyl (C=O) groups excluding carboxylic acids is 2. The molecule has 2 fully saturated rings. The van der Waals surface area contributed by atoms with Crippen LogP contribution in [0.25, 0.3) is 11.1 Å². The summed E-state index contributed by atoms with van der Waals surface area (Å²) in [6.45, 7) is 1.98. The molecule has 0 saturated carbocycles. The maximum absolute atomic E-state index is 13.1. The molecular weight excluding hydrogens is 340 g/mol. The van der Waals surface area contributed by atoms with Crippen LogP contribution in [-0.4, -0.2) is 55.4 Å². The van der Waals surface area contributed by atoms with Gasteiger partial charge in [-0.3, -0.25) is 9.59 Å². The molecule has 0 spiro atoms. The number of carbonyl (C=O) groups is 2. The Bertz CT molecular complexity index is 879. The van der Waals surface area contributed by atoms with E-state index in [4.69, 9.17) is 4.74 Å². The van der Waals surface area contributed by atoms with E-state index < -0.39 is 0 Å². The van der Waals surface area contributed by atoms with Gasteiger partial charge in [-0.05, 0) is 47.7 Å². The van der Waals surface area contributed by atoms with Crippen molar-refractivity contribution in [3.63, 3.8) is 0 Å². The Morgan fingerprint density at radius 2 is 1.81 bits per heavy atom. The standard InChI is InChI=1S/C22H24N2O3/c1-23-10-9-18-13-24(14-20(18)22(23)26)21(25)17-7-3-5-15(11-17)16-6-4-8-19(12-16)27-2/h3-8,11-12,18,20H,9-10,13-14H2,1-2H3/t18-,20+/m1/s1. The Labute approximate surface area is 159 Å². The molecule has 2 heterocycles. The molecule has 5 nitrogen and oxygen atoms in total. The zero-order valence-electron chi connectivity index (χ0n) is 15.7. The van der Waals surface area contributed by atoms with Crippen LogP contribution < -0.4 is 4.74 Å². The number of amides is 2. The van der Waals surface area contributed by atoms with Gasteiger partial charge in [0.2, 0.25) is 5.91 Å². The SMILES string of the molecule is COc1cccc(-c2cccc(C(=O)N3C[C@H]4CCN(C)C(=O)[C@H]4C3)c2)c1.